The second kappa shape index (κ2) is 10.00. The number of amides is 2. The van der Waals surface area contributed by atoms with E-state index in [1.165, 1.54) is 16.5 Å². The van der Waals surface area contributed by atoms with Crippen LogP contribution in [0, 0.1) is 6.92 Å². The first-order valence-corrected chi connectivity index (χ1v) is 11.0. The predicted molar refractivity (Wildman–Crippen MR) is 124 cm³/mol. The Balaban J connectivity index is 1.87. The second-order valence-corrected chi connectivity index (χ2v) is 8.47. The molecule has 156 valence electrons. The van der Waals surface area contributed by atoms with Crippen molar-refractivity contribution in [3.8, 4) is 11.5 Å². The van der Waals surface area contributed by atoms with Gasteiger partial charge in [-0.1, -0.05) is 35.9 Å². The minimum Gasteiger partial charge on any atom is -0.490 e. The molecule has 1 heterocycles. The molecule has 1 fully saturated rings. The molecule has 1 aliphatic heterocycles. The first-order valence-electron chi connectivity index (χ1n) is 9.44. The Labute approximate surface area is 188 Å². The first kappa shape index (κ1) is 22.2. The Hall–Kier alpha value is -2.51. The van der Waals surface area contributed by atoms with Crippen LogP contribution in [0.3, 0.4) is 0 Å². The SMILES string of the molecule is C=CCN1C(=O)S/C(=C/c2cc(Br)c(OCc3cccc(C)c3)c(OCC)c2)C1=O. The van der Waals surface area contributed by atoms with Gasteiger partial charge in [-0.05, 0) is 70.9 Å². The van der Waals surface area contributed by atoms with E-state index >= 15 is 0 Å². The van der Waals surface area contributed by atoms with Crippen molar-refractivity contribution in [1.82, 2.24) is 4.90 Å². The number of rotatable bonds is 8. The van der Waals surface area contributed by atoms with Gasteiger partial charge in [0, 0.05) is 6.54 Å². The summed E-state index contributed by atoms with van der Waals surface area (Å²) in [6.07, 6.45) is 3.22. The number of ether oxygens (including phenoxy) is 2. The van der Waals surface area contributed by atoms with Gasteiger partial charge in [0.25, 0.3) is 11.1 Å². The zero-order valence-electron chi connectivity index (χ0n) is 16.8. The third kappa shape index (κ3) is 5.15. The van der Waals surface area contributed by atoms with Gasteiger partial charge >= 0.3 is 0 Å². The Morgan fingerprint density at radius 2 is 2.00 bits per heavy atom. The highest BCUT2D eigenvalue weighted by Gasteiger charge is 2.34. The minimum absolute atomic E-state index is 0.196. The van der Waals surface area contributed by atoms with Gasteiger partial charge in [-0.3, -0.25) is 14.5 Å². The summed E-state index contributed by atoms with van der Waals surface area (Å²) < 4.78 is 12.5. The summed E-state index contributed by atoms with van der Waals surface area (Å²) in [7, 11) is 0. The van der Waals surface area contributed by atoms with Crippen molar-refractivity contribution in [2.45, 2.75) is 20.5 Å². The van der Waals surface area contributed by atoms with Crippen molar-refractivity contribution in [2.24, 2.45) is 0 Å². The molecule has 3 rings (SSSR count). The van der Waals surface area contributed by atoms with Crippen molar-refractivity contribution < 1.29 is 19.1 Å². The summed E-state index contributed by atoms with van der Waals surface area (Å²) in [6, 6.07) is 11.8. The van der Waals surface area contributed by atoms with E-state index in [0.29, 0.717) is 34.1 Å². The number of thioether (sulfide) groups is 1. The maximum Gasteiger partial charge on any atom is 0.293 e. The van der Waals surface area contributed by atoms with E-state index in [1.807, 2.05) is 38.1 Å². The lowest BCUT2D eigenvalue weighted by atomic mass is 10.1. The molecule has 2 aromatic rings. The van der Waals surface area contributed by atoms with Crippen LogP contribution in [0.15, 0.2) is 58.4 Å². The topological polar surface area (TPSA) is 55.8 Å². The lowest BCUT2D eigenvalue weighted by Gasteiger charge is -2.15. The zero-order chi connectivity index (χ0) is 21.7. The van der Waals surface area contributed by atoms with E-state index < -0.39 is 0 Å². The Morgan fingerprint density at radius 3 is 2.70 bits per heavy atom. The third-order valence-electron chi connectivity index (χ3n) is 4.28. The van der Waals surface area contributed by atoms with Crippen LogP contribution >= 0.6 is 27.7 Å². The molecule has 0 radical (unpaired) electrons. The van der Waals surface area contributed by atoms with E-state index in [1.54, 1.807) is 12.1 Å². The molecule has 0 unspecified atom stereocenters. The molecular formula is C23H22BrNO4S. The molecule has 2 amide bonds. The Morgan fingerprint density at radius 1 is 1.20 bits per heavy atom. The lowest BCUT2D eigenvalue weighted by molar-refractivity contribution is -0.122. The van der Waals surface area contributed by atoms with Crippen LogP contribution < -0.4 is 9.47 Å². The maximum atomic E-state index is 12.5. The van der Waals surface area contributed by atoms with Crippen LogP contribution in [0.4, 0.5) is 4.79 Å². The number of hydrogen-bond acceptors (Lipinski definition) is 5. The van der Waals surface area contributed by atoms with Gasteiger partial charge in [0.15, 0.2) is 11.5 Å². The molecule has 2 aromatic carbocycles. The molecule has 1 aliphatic rings. The van der Waals surface area contributed by atoms with Gasteiger partial charge in [0.2, 0.25) is 0 Å². The molecule has 30 heavy (non-hydrogen) atoms. The van der Waals surface area contributed by atoms with Crippen LogP contribution in [0.25, 0.3) is 6.08 Å². The molecule has 0 spiro atoms. The quantitative estimate of drug-likeness (QED) is 0.339. The molecule has 0 atom stereocenters. The van der Waals surface area contributed by atoms with Crippen LogP contribution in [0.1, 0.15) is 23.6 Å². The second-order valence-electron chi connectivity index (χ2n) is 6.62. The summed E-state index contributed by atoms with van der Waals surface area (Å²) in [5.74, 6) is 0.838. The van der Waals surface area contributed by atoms with Gasteiger partial charge in [-0.2, -0.15) is 0 Å². The standard InChI is InChI=1S/C23H22BrNO4S/c1-4-9-25-22(26)20(30-23(25)27)13-17-11-18(24)21(19(12-17)28-5-2)29-14-16-8-6-7-15(3)10-16/h4,6-8,10-13H,1,5,9,14H2,2-3H3/b20-13+. The van der Waals surface area contributed by atoms with Crippen molar-refractivity contribution in [3.05, 3.63) is 75.1 Å². The summed E-state index contributed by atoms with van der Waals surface area (Å²) >= 11 is 4.47. The van der Waals surface area contributed by atoms with E-state index in [-0.39, 0.29) is 17.7 Å². The fraction of sp³-hybridized carbons (Fsp3) is 0.217. The average Bonchev–Trinajstić information content (AvgIpc) is 2.95. The molecule has 1 saturated heterocycles. The van der Waals surface area contributed by atoms with Gasteiger partial charge in [-0.15, -0.1) is 6.58 Å². The van der Waals surface area contributed by atoms with Gasteiger partial charge in [0.1, 0.15) is 6.61 Å². The van der Waals surface area contributed by atoms with Crippen LogP contribution in [0.5, 0.6) is 11.5 Å². The monoisotopic (exact) mass is 487 g/mol. The van der Waals surface area contributed by atoms with Gasteiger partial charge < -0.3 is 9.47 Å². The Kier molecular flexibility index (Phi) is 7.39. The minimum atomic E-state index is -0.321. The molecular weight excluding hydrogens is 466 g/mol. The van der Waals surface area contributed by atoms with Crippen LogP contribution in [0.2, 0.25) is 0 Å². The highest BCUT2D eigenvalue weighted by molar-refractivity contribution is 9.10. The highest BCUT2D eigenvalue weighted by Crippen LogP contribution is 2.39. The number of halogens is 1. The fourth-order valence-electron chi connectivity index (χ4n) is 2.97. The number of carbonyl (C=O) groups is 2. The maximum absolute atomic E-state index is 12.5. The molecule has 0 saturated carbocycles. The lowest BCUT2D eigenvalue weighted by Crippen LogP contribution is -2.27. The number of aryl methyl sites for hydroxylation is 1. The van der Waals surface area contributed by atoms with E-state index in [2.05, 4.69) is 28.6 Å². The summed E-state index contributed by atoms with van der Waals surface area (Å²) in [5, 5.41) is -0.298. The van der Waals surface area contributed by atoms with Crippen LogP contribution in [-0.2, 0) is 11.4 Å². The largest absolute Gasteiger partial charge is 0.490 e. The van der Waals surface area contributed by atoms with Gasteiger partial charge in [-0.25, -0.2) is 0 Å². The van der Waals surface area contributed by atoms with Crippen molar-refractivity contribution in [3.63, 3.8) is 0 Å². The van der Waals surface area contributed by atoms with Crippen LogP contribution in [-0.4, -0.2) is 29.2 Å². The van der Waals surface area contributed by atoms with Crippen molar-refractivity contribution in [1.29, 1.82) is 0 Å². The molecule has 0 N–H and O–H groups in total. The average molecular weight is 488 g/mol. The number of hydrogen-bond donors (Lipinski definition) is 0. The molecule has 0 bridgehead atoms. The fourth-order valence-corrected chi connectivity index (χ4v) is 4.39. The smallest absolute Gasteiger partial charge is 0.293 e. The normalized spacial score (nSPS) is 15.0. The van der Waals surface area contributed by atoms with Gasteiger partial charge in [0.05, 0.1) is 16.0 Å². The van der Waals surface area contributed by atoms with E-state index in [9.17, 15) is 9.59 Å². The number of carbonyl (C=O) groups excluding carboxylic acids is 2. The first-order chi connectivity index (χ1) is 14.4. The van der Waals surface area contributed by atoms with E-state index in [4.69, 9.17) is 9.47 Å². The summed E-state index contributed by atoms with van der Waals surface area (Å²) in [5.41, 5.74) is 2.96. The van der Waals surface area contributed by atoms with Crippen molar-refractivity contribution in [2.75, 3.05) is 13.2 Å². The molecule has 7 heteroatoms. The number of benzene rings is 2. The molecule has 0 aromatic heterocycles. The number of nitrogens with zero attached hydrogens (tertiary/aromatic N) is 1. The summed E-state index contributed by atoms with van der Waals surface area (Å²) in [6.45, 7) is 8.58. The summed E-state index contributed by atoms with van der Waals surface area (Å²) in [4.78, 5) is 26.0. The molecule has 5 nitrogen and oxygen atoms in total. The zero-order valence-corrected chi connectivity index (χ0v) is 19.2. The predicted octanol–water partition coefficient (Wildman–Crippen LogP) is 5.96. The third-order valence-corrected chi connectivity index (χ3v) is 5.78. The number of imide groups is 1. The highest BCUT2D eigenvalue weighted by atomic mass is 79.9. The molecule has 0 aliphatic carbocycles. The van der Waals surface area contributed by atoms with Crippen molar-refractivity contribution >= 4 is 44.9 Å². The van der Waals surface area contributed by atoms with E-state index in [0.717, 1.165) is 22.9 Å². The Bertz CT molecular complexity index is 1020.